The van der Waals surface area contributed by atoms with Crippen molar-refractivity contribution in [3.05, 3.63) is 59.7 Å². The first-order chi connectivity index (χ1) is 15.1. The van der Waals surface area contributed by atoms with Crippen LogP contribution >= 0.6 is 24.0 Å². The van der Waals surface area contributed by atoms with Gasteiger partial charge in [0.15, 0.2) is 5.96 Å². The van der Waals surface area contributed by atoms with Gasteiger partial charge in [0.05, 0.1) is 13.1 Å². The summed E-state index contributed by atoms with van der Waals surface area (Å²) in [5.74, 6) is 1.50. The van der Waals surface area contributed by atoms with Gasteiger partial charge in [-0.3, -0.25) is 4.79 Å². The summed E-state index contributed by atoms with van der Waals surface area (Å²) >= 11 is 0. The molecule has 1 amide bonds. The highest BCUT2D eigenvalue weighted by Gasteiger charge is 2.23. The number of aryl methyl sites for hydroxylation is 1. The molecule has 1 heterocycles. The van der Waals surface area contributed by atoms with Crippen molar-refractivity contribution in [2.75, 3.05) is 31.6 Å². The number of nitrogens with zero attached hydrogens (tertiary/aromatic N) is 1. The quantitative estimate of drug-likeness (QED) is 0.191. The third kappa shape index (κ3) is 8.66. The molecule has 1 saturated heterocycles. The number of benzene rings is 2. The van der Waals surface area contributed by atoms with E-state index in [0.29, 0.717) is 26.3 Å². The average Bonchev–Trinajstić information content (AvgIpc) is 3.32. The van der Waals surface area contributed by atoms with Gasteiger partial charge in [0, 0.05) is 18.8 Å². The second kappa shape index (κ2) is 13.9. The van der Waals surface area contributed by atoms with Gasteiger partial charge in [-0.1, -0.05) is 29.8 Å². The number of rotatable bonds is 9. The fourth-order valence-corrected chi connectivity index (χ4v) is 3.24. The summed E-state index contributed by atoms with van der Waals surface area (Å²) in [6.07, 6.45) is 1.37. The molecule has 1 aliphatic rings. The minimum Gasteiger partial charge on any atom is -0.492 e. The van der Waals surface area contributed by atoms with Crippen LogP contribution in [0.3, 0.4) is 0 Å². The minimum absolute atomic E-state index is 0. The van der Waals surface area contributed by atoms with E-state index in [4.69, 9.17) is 9.47 Å². The summed E-state index contributed by atoms with van der Waals surface area (Å²) < 4.78 is 11.2. The van der Waals surface area contributed by atoms with Gasteiger partial charge in [-0.25, -0.2) is 4.99 Å². The number of amides is 1. The van der Waals surface area contributed by atoms with Crippen molar-refractivity contribution in [2.45, 2.75) is 39.3 Å². The van der Waals surface area contributed by atoms with Crippen LogP contribution in [0, 0.1) is 6.92 Å². The molecular formula is C24H33IN4O3. The van der Waals surface area contributed by atoms with Crippen LogP contribution < -0.4 is 20.7 Å². The van der Waals surface area contributed by atoms with Crippen molar-refractivity contribution >= 4 is 41.5 Å². The van der Waals surface area contributed by atoms with E-state index in [1.807, 2.05) is 55.5 Å². The Balaban J connectivity index is 0.00000363. The van der Waals surface area contributed by atoms with E-state index in [1.54, 1.807) is 0 Å². The summed E-state index contributed by atoms with van der Waals surface area (Å²) in [6, 6.07) is 15.8. The molecule has 0 aliphatic carbocycles. The van der Waals surface area contributed by atoms with E-state index in [0.717, 1.165) is 42.3 Å². The first kappa shape index (κ1) is 25.9. The molecule has 174 valence electrons. The molecule has 2 aromatic carbocycles. The number of carbonyl (C=O) groups excluding carboxylic acids is 1. The Morgan fingerprint density at radius 1 is 1.19 bits per heavy atom. The summed E-state index contributed by atoms with van der Waals surface area (Å²) in [6.45, 7) is 7.18. The summed E-state index contributed by atoms with van der Waals surface area (Å²) in [4.78, 5) is 16.9. The fourth-order valence-electron chi connectivity index (χ4n) is 3.24. The maximum Gasteiger partial charge on any atom is 0.253 e. The average molecular weight is 552 g/mol. The highest BCUT2D eigenvalue weighted by molar-refractivity contribution is 14.0. The lowest BCUT2D eigenvalue weighted by Crippen LogP contribution is -2.39. The molecule has 2 aromatic rings. The van der Waals surface area contributed by atoms with Crippen LogP contribution in [0.1, 0.15) is 30.9 Å². The smallest absolute Gasteiger partial charge is 0.253 e. The first-order valence-electron chi connectivity index (χ1n) is 10.9. The minimum atomic E-state index is -0.339. The Kier molecular flexibility index (Phi) is 11.3. The Bertz CT molecular complexity index is 868. The molecule has 7 nitrogen and oxygen atoms in total. The summed E-state index contributed by atoms with van der Waals surface area (Å²) in [5, 5.41) is 9.46. The van der Waals surface area contributed by atoms with E-state index in [-0.39, 0.29) is 36.0 Å². The second-order valence-electron chi connectivity index (χ2n) is 7.47. The zero-order valence-corrected chi connectivity index (χ0v) is 21.1. The molecule has 1 atom stereocenters. The van der Waals surface area contributed by atoms with Gasteiger partial charge in [-0.2, -0.15) is 0 Å². The normalized spacial score (nSPS) is 15.6. The molecule has 0 radical (unpaired) electrons. The lowest BCUT2D eigenvalue weighted by Gasteiger charge is -2.13. The van der Waals surface area contributed by atoms with Crippen LogP contribution in [0.15, 0.2) is 53.5 Å². The number of halogens is 1. The van der Waals surface area contributed by atoms with Gasteiger partial charge in [0.25, 0.3) is 5.91 Å². The van der Waals surface area contributed by atoms with Gasteiger partial charge < -0.3 is 25.4 Å². The highest BCUT2D eigenvalue weighted by Crippen LogP contribution is 2.16. The van der Waals surface area contributed by atoms with Crippen LogP contribution in [0.2, 0.25) is 0 Å². The van der Waals surface area contributed by atoms with Crippen molar-refractivity contribution < 1.29 is 14.3 Å². The molecule has 0 spiro atoms. The van der Waals surface area contributed by atoms with Crippen LogP contribution in [0.4, 0.5) is 5.69 Å². The first-order valence-corrected chi connectivity index (χ1v) is 10.9. The van der Waals surface area contributed by atoms with Gasteiger partial charge in [0.1, 0.15) is 18.5 Å². The molecule has 1 fully saturated rings. The molecule has 3 N–H and O–H groups in total. The maximum atomic E-state index is 12.2. The Hall–Kier alpha value is -2.33. The van der Waals surface area contributed by atoms with E-state index >= 15 is 0 Å². The molecule has 8 heteroatoms. The number of guanidine groups is 1. The molecular weight excluding hydrogens is 519 g/mol. The molecule has 32 heavy (non-hydrogen) atoms. The predicted molar refractivity (Wildman–Crippen MR) is 139 cm³/mol. The lowest BCUT2D eigenvalue weighted by molar-refractivity contribution is -0.124. The molecule has 0 aromatic heterocycles. The monoisotopic (exact) mass is 552 g/mol. The van der Waals surface area contributed by atoms with Gasteiger partial charge in [0.2, 0.25) is 0 Å². The number of hydrogen-bond acceptors (Lipinski definition) is 4. The number of carbonyl (C=O) groups is 1. The van der Waals surface area contributed by atoms with Gasteiger partial charge in [-0.15, -0.1) is 24.0 Å². The van der Waals surface area contributed by atoms with Crippen molar-refractivity contribution in [1.29, 1.82) is 0 Å². The van der Waals surface area contributed by atoms with Crippen molar-refractivity contribution in [3.8, 4) is 5.75 Å². The summed E-state index contributed by atoms with van der Waals surface area (Å²) in [5.41, 5.74) is 2.98. The number of aliphatic imine (C=N–C) groups is 1. The Morgan fingerprint density at radius 2 is 2.00 bits per heavy atom. The number of anilines is 1. The third-order valence-corrected chi connectivity index (χ3v) is 4.86. The standard InChI is InChI=1S/C24H32N4O3.HI/c1-3-25-24(26-13-15-30-21-11-9-18(2)10-12-21)27-17-19-6-4-7-20(16-19)28-23(29)22-8-5-14-31-22;/h4,6-7,9-12,16,22H,3,5,8,13-15,17H2,1-2H3,(H,28,29)(H2,25,26,27);1H. The van der Waals surface area contributed by atoms with Gasteiger partial charge >= 0.3 is 0 Å². The molecule has 0 bridgehead atoms. The number of nitrogens with one attached hydrogen (secondary N) is 3. The van der Waals surface area contributed by atoms with E-state index in [2.05, 4.69) is 27.9 Å². The fraction of sp³-hybridized carbons (Fsp3) is 0.417. The van der Waals surface area contributed by atoms with Gasteiger partial charge in [-0.05, 0) is 56.5 Å². The zero-order valence-electron chi connectivity index (χ0n) is 18.7. The maximum absolute atomic E-state index is 12.2. The van der Waals surface area contributed by atoms with Crippen molar-refractivity contribution in [2.24, 2.45) is 4.99 Å². The lowest BCUT2D eigenvalue weighted by atomic mass is 10.2. The van der Waals surface area contributed by atoms with Crippen LogP contribution in [0.25, 0.3) is 0 Å². The highest BCUT2D eigenvalue weighted by atomic mass is 127. The summed E-state index contributed by atoms with van der Waals surface area (Å²) in [7, 11) is 0. The molecule has 0 saturated carbocycles. The zero-order chi connectivity index (χ0) is 21.9. The van der Waals surface area contributed by atoms with Crippen molar-refractivity contribution in [3.63, 3.8) is 0 Å². The predicted octanol–water partition coefficient (Wildman–Crippen LogP) is 3.86. The third-order valence-electron chi connectivity index (χ3n) is 4.86. The Morgan fingerprint density at radius 3 is 2.72 bits per heavy atom. The van der Waals surface area contributed by atoms with Crippen LogP contribution in [0.5, 0.6) is 5.75 Å². The van der Waals surface area contributed by atoms with Crippen LogP contribution in [-0.4, -0.2) is 44.3 Å². The van der Waals surface area contributed by atoms with E-state index < -0.39 is 0 Å². The van der Waals surface area contributed by atoms with E-state index in [1.165, 1.54) is 5.56 Å². The topological polar surface area (TPSA) is 84.0 Å². The molecule has 1 unspecified atom stereocenters. The largest absolute Gasteiger partial charge is 0.492 e. The van der Waals surface area contributed by atoms with E-state index in [9.17, 15) is 4.79 Å². The Labute approximate surface area is 207 Å². The number of hydrogen-bond donors (Lipinski definition) is 3. The van der Waals surface area contributed by atoms with Crippen molar-refractivity contribution in [1.82, 2.24) is 10.6 Å². The SMILES string of the molecule is CCNC(=NCc1cccc(NC(=O)C2CCCO2)c1)NCCOc1ccc(C)cc1.I. The number of ether oxygens (including phenoxy) is 2. The molecule has 3 rings (SSSR count). The molecule has 1 aliphatic heterocycles. The second-order valence-corrected chi connectivity index (χ2v) is 7.47. The van der Waals surface area contributed by atoms with Crippen LogP contribution in [-0.2, 0) is 16.1 Å².